The number of carbonyl (C=O) groups is 1. The van der Waals surface area contributed by atoms with Gasteiger partial charge in [0.05, 0.1) is 18.3 Å². The molecule has 1 amide bonds. The summed E-state index contributed by atoms with van der Waals surface area (Å²) in [5.74, 6) is 0.155. The summed E-state index contributed by atoms with van der Waals surface area (Å²) in [7, 11) is 0. The van der Waals surface area contributed by atoms with Gasteiger partial charge in [-0.15, -0.1) is 0 Å². The molecule has 0 bridgehead atoms. The lowest BCUT2D eigenvalue weighted by Gasteiger charge is -2.11. The van der Waals surface area contributed by atoms with E-state index < -0.39 is 0 Å². The molecule has 0 aliphatic rings. The molecule has 1 rings (SSSR count). The minimum Gasteiger partial charge on any atom is -0.330 e. The van der Waals surface area contributed by atoms with Gasteiger partial charge < -0.3 is 11.1 Å². The number of aromatic nitrogens is 2. The van der Waals surface area contributed by atoms with Crippen LogP contribution in [-0.2, 0) is 4.79 Å². The molecular weight excluding hydrogens is 260 g/mol. The highest BCUT2D eigenvalue weighted by molar-refractivity contribution is 9.10. The molecule has 1 atom stereocenters. The molecule has 0 aliphatic carbocycles. The van der Waals surface area contributed by atoms with Crippen molar-refractivity contribution in [3.63, 3.8) is 0 Å². The van der Waals surface area contributed by atoms with Crippen LogP contribution in [0.4, 0.5) is 5.82 Å². The van der Waals surface area contributed by atoms with Crippen LogP contribution in [0, 0.1) is 5.92 Å². The summed E-state index contributed by atoms with van der Waals surface area (Å²) in [4.78, 5) is 19.5. The average molecular weight is 273 g/mol. The lowest BCUT2D eigenvalue weighted by molar-refractivity contribution is -0.119. The molecule has 0 fully saturated rings. The molecule has 1 heterocycles. The Bertz CT molecular complexity index is 323. The molecule has 0 aromatic carbocycles. The molecule has 0 aliphatic heterocycles. The molecule has 5 nitrogen and oxygen atoms in total. The Kier molecular flexibility index (Phi) is 4.64. The van der Waals surface area contributed by atoms with Crippen molar-refractivity contribution in [1.82, 2.24) is 9.97 Å². The van der Waals surface area contributed by atoms with Crippen molar-refractivity contribution >= 4 is 27.7 Å². The molecule has 1 aromatic rings. The zero-order valence-corrected chi connectivity index (χ0v) is 9.99. The first-order valence-electron chi connectivity index (χ1n) is 4.65. The maximum atomic E-state index is 11.6. The zero-order chi connectivity index (χ0) is 11.3. The number of amides is 1. The number of hydrogen-bond donors (Lipinski definition) is 2. The molecule has 1 aromatic heterocycles. The van der Waals surface area contributed by atoms with E-state index in [-0.39, 0.29) is 11.8 Å². The summed E-state index contributed by atoms with van der Waals surface area (Å²) in [6, 6.07) is 0. The van der Waals surface area contributed by atoms with E-state index in [0.717, 1.165) is 0 Å². The Morgan fingerprint density at radius 1 is 1.60 bits per heavy atom. The number of halogens is 1. The van der Waals surface area contributed by atoms with E-state index in [4.69, 9.17) is 5.73 Å². The Balaban J connectivity index is 2.61. The predicted molar refractivity (Wildman–Crippen MR) is 61.2 cm³/mol. The lowest BCUT2D eigenvalue weighted by atomic mass is 10.1. The van der Waals surface area contributed by atoms with Gasteiger partial charge in [0, 0.05) is 6.54 Å². The highest BCUT2D eigenvalue weighted by atomic mass is 79.9. The van der Waals surface area contributed by atoms with Gasteiger partial charge in [0.2, 0.25) is 5.91 Å². The van der Waals surface area contributed by atoms with Crippen LogP contribution in [0.3, 0.4) is 0 Å². The van der Waals surface area contributed by atoms with Gasteiger partial charge in [-0.2, -0.15) is 0 Å². The summed E-state index contributed by atoms with van der Waals surface area (Å²) in [5.41, 5.74) is 5.46. The third-order valence-electron chi connectivity index (χ3n) is 2.02. The Hall–Kier alpha value is -1.01. The van der Waals surface area contributed by atoms with Crippen LogP contribution in [0.15, 0.2) is 17.0 Å². The van der Waals surface area contributed by atoms with Gasteiger partial charge in [-0.1, -0.05) is 6.92 Å². The molecule has 1 unspecified atom stereocenters. The van der Waals surface area contributed by atoms with Crippen molar-refractivity contribution < 1.29 is 4.79 Å². The molecule has 0 spiro atoms. The second kappa shape index (κ2) is 5.77. The van der Waals surface area contributed by atoms with Gasteiger partial charge in [-0.25, -0.2) is 9.97 Å². The number of rotatable bonds is 4. The van der Waals surface area contributed by atoms with E-state index in [1.165, 1.54) is 12.4 Å². The smallest absolute Gasteiger partial charge is 0.229 e. The largest absolute Gasteiger partial charge is 0.330 e. The number of hydrogen-bond acceptors (Lipinski definition) is 4. The van der Waals surface area contributed by atoms with Crippen molar-refractivity contribution in [2.24, 2.45) is 11.7 Å². The average Bonchev–Trinajstić information content (AvgIpc) is 2.23. The van der Waals surface area contributed by atoms with Crippen LogP contribution in [0.1, 0.15) is 13.3 Å². The van der Waals surface area contributed by atoms with Crippen LogP contribution < -0.4 is 11.1 Å². The van der Waals surface area contributed by atoms with E-state index in [9.17, 15) is 4.79 Å². The van der Waals surface area contributed by atoms with E-state index in [1.807, 2.05) is 6.92 Å². The zero-order valence-electron chi connectivity index (χ0n) is 8.40. The van der Waals surface area contributed by atoms with E-state index in [2.05, 4.69) is 31.2 Å². The van der Waals surface area contributed by atoms with E-state index >= 15 is 0 Å². The van der Waals surface area contributed by atoms with Crippen molar-refractivity contribution in [2.45, 2.75) is 13.3 Å². The van der Waals surface area contributed by atoms with Crippen LogP contribution >= 0.6 is 15.9 Å². The number of nitrogens with zero attached hydrogens (tertiary/aromatic N) is 2. The Labute approximate surface area is 96.6 Å². The van der Waals surface area contributed by atoms with Gasteiger partial charge in [0.15, 0.2) is 5.82 Å². The SMILES string of the molecule is CCC(CN)C(=O)Nc1cnc(Br)cn1. The first-order valence-corrected chi connectivity index (χ1v) is 5.45. The summed E-state index contributed by atoms with van der Waals surface area (Å²) >= 11 is 3.16. The van der Waals surface area contributed by atoms with Crippen LogP contribution in [0.5, 0.6) is 0 Å². The van der Waals surface area contributed by atoms with Crippen molar-refractivity contribution in [3.8, 4) is 0 Å². The van der Waals surface area contributed by atoms with Crippen LogP contribution in [0.2, 0.25) is 0 Å². The van der Waals surface area contributed by atoms with Crippen molar-refractivity contribution in [2.75, 3.05) is 11.9 Å². The fourth-order valence-corrected chi connectivity index (χ4v) is 1.27. The predicted octanol–water partition coefficient (Wildman–Crippen LogP) is 1.16. The highest BCUT2D eigenvalue weighted by Gasteiger charge is 2.14. The van der Waals surface area contributed by atoms with Crippen molar-refractivity contribution in [1.29, 1.82) is 0 Å². The third-order valence-corrected chi connectivity index (χ3v) is 2.43. The second-order valence-corrected chi connectivity index (χ2v) is 3.87. The van der Waals surface area contributed by atoms with Crippen LogP contribution in [0.25, 0.3) is 0 Å². The maximum absolute atomic E-state index is 11.6. The standard InChI is InChI=1S/C9H13BrN4O/c1-2-6(3-11)9(15)14-8-5-12-7(10)4-13-8/h4-6H,2-3,11H2,1H3,(H,13,14,15). The molecule has 0 saturated carbocycles. The fraction of sp³-hybridized carbons (Fsp3) is 0.444. The maximum Gasteiger partial charge on any atom is 0.229 e. The summed E-state index contributed by atoms with van der Waals surface area (Å²) in [6.07, 6.45) is 3.73. The minimum absolute atomic E-state index is 0.114. The number of nitrogens with two attached hydrogens (primary N) is 1. The van der Waals surface area contributed by atoms with Crippen molar-refractivity contribution in [3.05, 3.63) is 17.0 Å². The highest BCUT2D eigenvalue weighted by Crippen LogP contribution is 2.08. The quantitative estimate of drug-likeness (QED) is 0.862. The second-order valence-electron chi connectivity index (χ2n) is 3.05. The van der Waals surface area contributed by atoms with Gasteiger partial charge >= 0.3 is 0 Å². The molecule has 6 heteroatoms. The Morgan fingerprint density at radius 2 is 2.33 bits per heavy atom. The van der Waals surface area contributed by atoms with Gasteiger partial charge in [-0.3, -0.25) is 4.79 Å². The monoisotopic (exact) mass is 272 g/mol. The molecular formula is C9H13BrN4O. The summed E-state index contributed by atoms with van der Waals surface area (Å²) in [6.45, 7) is 2.26. The molecule has 82 valence electrons. The Morgan fingerprint density at radius 3 is 2.80 bits per heavy atom. The number of nitrogens with one attached hydrogen (secondary N) is 1. The summed E-state index contributed by atoms with van der Waals surface area (Å²) < 4.78 is 0.631. The van der Waals surface area contributed by atoms with Gasteiger partial charge in [0.1, 0.15) is 4.60 Å². The fourth-order valence-electron chi connectivity index (χ4n) is 1.06. The molecule has 3 N–H and O–H groups in total. The van der Waals surface area contributed by atoms with Gasteiger partial charge in [0.25, 0.3) is 0 Å². The van der Waals surface area contributed by atoms with E-state index in [1.54, 1.807) is 0 Å². The van der Waals surface area contributed by atoms with Crippen LogP contribution in [-0.4, -0.2) is 22.4 Å². The number of anilines is 1. The molecule has 15 heavy (non-hydrogen) atoms. The summed E-state index contributed by atoms with van der Waals surface area (Å²) in [5, 5.41) is 2.66. The number of carbonyl (C=O) groups excluding carboxylic acids is 1. The molecule has 0 radical (unpaired) electrons. The normalized spacial score (nSPS) is 12.2. The van der Waals surface area contributed by atoms with Gasteiger partial charge in [-0.05, 0) is 22.4 Å². The first kappa shape index (κ1) is 12.1. The van der Waals surface area contributed by atoms with E-state index in [0.29, 0.717) is 23.4 Å². The molecule has 0 saturated heterocycles. The first-order chi connectivity index (χ1) is 7.17. The minimum atomic E-state index is -0.171. The lowest BCUT2D eigenvalue weighted by Crippen LogP contribution is -2.28. The topological polar surface area (TPSA) is 80.9 Å². The third kappa shape index (κ3) is 3.56.